The van der Waals surface area contributed by atoms with Crippen LogP contribution in [0, 0.1) is 20.7 Å². The van der Waals surface area contributed by atoms with Gasteiger partial charge in [0.05, 0.1) is 48.7 Å². The minimum atomic E-state index is -0.613. The van der Waals surface area contributed by atoms with Gasteiger partial charge in [-0.15, -0.1) is 0 Å². The number of halogens is 2. The topological polar surface area (TPSA) is 100 Å². The molecule has 0 aromatic heterocycles. The van der Waals surface area contributed by atoms with E-state index in [1.165, 1.54) is 37.4 Å². The summed E-state index contributed by atoms with van der Waals surface area (Å²) in [7, 11) is 1.25. The number of carbonyl (C=O) groups is 2. The van der Waals surface area contributed by atoms with Gasteiger partial charge in [-0.2, -0.15) is 5.26 Å². The van der Waals surface area contributed by atoms with E-state index in [0.717, 1.165) is 3.57 Å². The Morgan fingerprint density at radius 3 is 2.67 bits per heavy atom. The van der Waals surface area contributed by atoms with Gasteiger partial charge in [-0.1, -0.05) is 0 Å². The summed E-state index contributed by atoms with van der Waals surface area (Å²) in [6.07, 6.45) is -0.0247. The predicted molar refractivity (Wildman–Crippen MR) is 104 cm³/mol. The molecule has 0 aliphatic heterocycles. The average molecular weight is 483 g/mol. The van der Waals surface area contributed by atoms with Gasteiger partial charge in [0, 0.05) is 3.57 Å². The number of carbonyl (C=O) groups excluding carboxylic acids is 2. The molecule has 2 aromatic rings. The number of rotatable bonds is 7. The standard InChI is InChI=1S/C18H15FIN3O4/c1-26-17(24)6-7-27-23-18(25)13-4-2-11(10-21)8-16(13)22-15-5-3-12(20)9-14(15)19/h2-5,8-9,22H,6-7H2,1H3,(H,23,25). The maximum atomic E-state index is 14.1. The van der Waals surface area contributed by atoms with Crippen molar-refractivity contribution in [3.63, 3.8) is 0 Å². The molecule has 2 rings (SSSR count). The normalized spacial score (nSPS) is 10.0. The maximum absolute atomic E-state index is 14.1. The molecule has 27 heavy (non-hydrogen) atoms. The molecule has 9 heteroatoms. The first-order valence-corrected chi connectivity index (χ1v) is 8.77. The number of hydrogen-bond donors (Lipinski definition) is 2. The molecule has 0 atom stereocenters. The van der Waals surface area contributed by atoms with Crippen LogP contribution in [-0.2, 0) is 14.4 Å². The Kier molecular flexibility index (Phi) is 7.51. The number of ether oxygens (including phenoxy) is 1. The zero-order chi connectivity index (χ0) is 19.8. The molecular formula is C18H15FIN3O4. The van der Waals surface area contributed by atoms with Crippen molar-refractivity contribution in [2.75, 3.05) is 19.0 Å². The fourth-order valence-electron chi connectivity index (χ4n) is 2.06. The summed E-state index contributed by atoms with van der Waals surface area (Å²) < 4.78 is 19.3. The van der Waals surface area contributed by atoms with Crippen molar-refractivity contribution in [2.24, 2.45) is 0 Å². The summed E-state index contributed by atoms with van der Waals surface area (Å²) in [4.78, 5) is 28.3. The van der Waals surface area contributed by atoms with Crippen LogP contribution in [0.15, 0.2) is 36.4 Å². The van der Waals surface area contributed by atoms with Crippen LogP contribution in [0.2, 0.25) is 0 Å². The van der Waals surface area contributed by atoms with Crippen LogP contribution in [0.5, 0.6) is 0 Å². The summed E-state index contributed by atoms with van der Waals surface area (Å²) >= 11 is 1.98. The Hall–Kier alpha value is -2.71. The lowest BCUT2D eigenvalue weighted by Crippen LogP contribution is -2.26. The first-order chi connectivity index (χ1) is 12.9. The number of anilines is 2. The molecule has 0 aliphatic rings. The van der Waals surface area contributed by atoms with Crippen molar-refractivity contribution in [3.05, 3.63) is 56.9 Å². The highest BCUT2D eigenvalue weighted by molar-refractivity contribution is 14.1. The largest absolute Gasteiger partial charge is 0.469 e. The molecule has 0 unspecified atom stereocenters. The molecule has 140 valence electrons. The van der Waals surface area contributed by atoms with Crippen LogP contribution >= 0.6 is 22.6 Å². The second-order valence-corrected chi connectivity index (χ2v) is 6.47. The van der Waals surface area contributed by atoms with Crippen molar-refractivity contribution in [2.45, 2.75) is 6.42 Å². The van der Waals surface area contributed by atoms with E-state index in [2.05, 4.69) is 15.5 Å². The lowest BCUT2D eigenvalue weighted by atomic mass is 10.1. The van der Waals surface area contributed by atoms with Gasteiger partial charge >= 0.3 is 5.97 Å². The van der Waals surface area contributed by atoms with E-state index < -0.39 is 17.7 Å². The number of nitrogens with one attached hydrogen (secondary N) is 2. The van der Waals surface area contributed by atoms with E-state index in [9.17, 15) is 14.0 Å². The Labute approximate surface area is 168 Å². The number of methoxy groups -OCH3 is 1. The molecular weight excluding hydrogens is 468 g/mol. The van der Waals surface area contributed by atoms with E-state index in [0.29, 0.717) is 5.56 Å². The number of benzene rings is 2. The number of amides is 1. The summed E-state index contributed by atoms with van der Waals surface area (Å²) in [5, 5.41) is 11.9. The van der Waals surface area contributed by atoms with Crippen LogP contribution in [-0.4, -0.2) is 25.6 Å². The van der Waals surface area contributed by atoms with E-state index >= 15 is 0 Å². The third-order valence-electron chi connectivity index (χ3n) is 3.39. The molecule has 2 N–H and O–H groups in total. The Morgan fingerprint density at radius 1 is 1.22 bits per heavy atom. The second kappa shape index (κ2) is 9.84. The SMILES string of the molecule is COC(=O)CCONC(=O)c1ccc(C#N)cc1Nc1ccc(I)cc1F. The smallest absolute Gasteiger partial charge is 0.307 e. The molecule has 0 spiro atoms. The highest BCUT2D eigenvalue weighted by atomic mass is 127. The quantitative estimate of drug-likeness (QED) is 0.272. The molecule has 0 radical (unpaired) electrons. The van der Waals surface area contributed by atoms with E-state index in [1.807, 2.05) is 28.7 Å². The highest BCUT2D eigenvalue weighted by Gasteiger charge is 2.15. The molecule has 0 saturated carbocycles. The zero-order valence-corrected chi connectivity index (χ0v) is 16.4. The molecule has 0 saturated heterocycles. The first kappa shape index (κ1) is 20.6. The minimum absolute atomic E-state index is 0.0247. The molecule has 0 heterocycles. The molecule has 0 aliphatic carbocycles. The Morgan fingerprint density at radius 2 is 2.00 bits per heavy atom. The number of hydroxylamine groups is 1. The molecule has 0 fully saturated rings. The summed E-state index contributed by atoms with van der Waals surface area (Å²) in [5.41, 5.74) is 3.04. The van der Waals surface area contributed by atoms with Gasteiger partial charge in [0.1, 0.15) is 5.82 Å². The van der Waals surface area contributed by atoms with Crippen LogP contribution in [0.3, 0.4) is 0 Å². The van der Waals surface area contributed by atoms with Crippen LogP contribution in [0.25, 0.3) is 0 Å². The molecule has 2 aromatic carbocycles. The van der Waals surface area contributed by atoms with Gasteiger partial charge < -0.3 is 10.1 Å². The van der Waals surface area contributed by atoms with Crippen LogP contribution in [0.4, 0.5) is 15.8 Å². The van der Waals surface area contributed by atoms with Gasteiger partial charge in [0.15, 0.2) is 0 Å². The zero-order valence-electron chi connectivity index (χ0n) is 14.2. The number of nitrogens with zero attached hydrogens (tertiary/aromatic N) is 1. The highest BCUT2D eigenvalue weighted by Crippen LogP contribution is 2.25. The van der Waals surface area contributed by atoms with Crippen molar-refractivity contribution >= 4 is 45.8 Å². The third-order valence-corrected chi connectivity index (χ3v) is 4.07. The van der Waals surface area contributed by atoms with Crippen LogP contribution < -0.4 is 10.8 Å². The van der Waals surface area contributed by atoms with Crippen molar-refractivity contribution < 1.29 is 23.6 Å². The average Bonchev–Trinajstić information content (AvgIpc) is 2.66. The van der Waals surface area contributed by atoms with Crippen molar-refractivity contribution in [1.82, 2.24) is 5.48 Å². The van der Waals surface area contributed by atoms with Crippen molar-refractivity contribution in [3.8, 4) is 6.07 Å². The van der Waals surface area contributed by atoms with Crippen LogP contribution in [0.1, 0.15) is 22.3 Å². The van der Waals surface area contributed by atoms with Gasteiger partial charge in [-0.25, -0.2) is 9.87 Å². The molecule has 7 nitrogen and oxygen atoms in total. The first-order valence-electron chi connectivity index (χ1n) is 7.69. The van der Waals surface area contributed by atoms with Gasteiger partial charge in [-0.3, -0.25) is 14.4 Å². The molecule has 0 bridgehead atoms. The summed E-state index contributed by atoms with van der Waals surface area (Å²) in [5.74, 6) is -1.58. The monoisotopic (exact) mass is 483 g/mol. The molecule has 1 amide bonds. The van der Waals surface area contributed by atoms with Gasteiger partial charge in [0.2, 0.25) is 0 Å². The second-order valence-electron chi connectivity index (χ2n) is 5.23. The van der Waals surface area contributed by atoms with E-state index in [1.54, 1.807) is 6.07 Å². The predicted octanol–water partition coefficient (Wildman–Crippen LogP) is 3.27. The van der Waals surface area contributed by atoms with Gasteiger partial charge in [-0.05, 0) is 59.0 Å². The number of hydrogen-bond acceptors (Lipinski definition) is 6. The fraction of sp³-hybridized carbons (Fsp3) is 0.167. The van der Waals surface area contributed by atoms with Gasteiger partial charge in [0.25, 0.3) is 5.91 Å². The van der Waals surface area contributed by atoms with E-state index in [4.69, 9.17) is 10.1 Å². The minimum Gasteiger partial charge on any atom is -0.469 e. The summed E-state index contributed by atoms with van der Waals surface area (Å²) in [6, 6.07) is 10.9. The lowest BCUT2D eigenvalue weighted by Gasteiger charge is -2.13. The lowest BCUT2D eigenvalue weighted by molar-refractivity contribution is -0.142. The third kappa shape index (κ3) is 5.90. The van der Waals surface area contributed by atoms with E-state index in [-0.39, 0.29) is 30.0 Å². The maximum Gasteiger partial charge on any atom is 0.307 e. The summed E-state index contributed by atoms with van der Waals surface area (Å²) in [6.45, 7) is -0.0663. The number of nitriles is 1. The fourth-order valence-corrected chi connectivity index (χ4v) is 2.51. The number of esters is 1. The Bertz CT molecular complexity index is 899. The Balaban J connectivity index is 2.17. The van der Waals surface area contributed by atoms with Crippen molar-refractivity contribution in [1.29, 1.82) is 5.26 Å².